The molecule has 1 amide bonds. The molecule has 2 aromatic rings. The normalized spacial score (nSPS) is 16.6. The predicted octanol–water partition coefficient (Wildman–Crippen LogP) is 1.12. The number of hydrogen-bond donors (Lipinski definition) is 3. The minimum absolute atomic E-state index is 0.0491. The van der Waals surface area contributed by atoms with Gasteiger partial charge in [-0.15, -0.1) is 0 Å². The molecule has 2 unspecified atom stereocenters. The Morgan fingerprint density at radius 1 is 1.26 bits per heavy atom. The summed E-state index contributed by atoms with van der Waals surface area (Å²) in [4.78, 5) is 38.1. The van der Waals surface area contributed by atoms with E-state index < -0.39 is 29.3 Å². The number of carbonyl (C=O) groups excluding carboxylic acids is 1. The number of amides is 1. The van der Waals surface area contributed by atoms with E-state index in [2.05, 4.69) is 10.4 Å². The average molecular weight is 495 g/mol. The fraction of sp³-hybridized carbons (Fsp3) is 0.565. The maximum atomic E-state index is 13.1. The summed E-state index contributed by atoms with van der Waals surface area (Å²) < 4.78 is 6.66. The quantitative estimate of drug-likeness (QED) is 0.444. The summed E-state index contributed by atoms with van der Waals surface area (Å²) in [6.07, 6.45) is 6.23. The van der Waals surface area contributed by atoms with Crippen LogP contribution in [0.1, 0.15) is 48.9 Å². The van der Waals surface area contributed by atoms with Crippen LogP contribution in [-0.2, 0) is 11.3 Å². The number of methoxy groups -OCH3 is 1. The Labute approximate surface area is 202 Å². The smallest absolute Gasteiger partial charge is 0.352 e. The zero-order valence-corrected chi connectivity index (χ0v) is 19.9. The number of carbonyl (C=O) groups is 1. The van der Waals surface area contributed by atoms with Gasteiger partial charge in [-0.2, -0.15) is 9.78 Å². The summed E-state index contributed by atoms with van der Waals surface area (Å²) >= 11 is 6.28. The number of halogens is 1. The Bertz CT molecular complexity index is 1090. The first-order chi connectivity index (χ1) is 16.3. The molecular formula is C23H31ClN4O6. The lowest BCUT2D eigenvalue weighted by Crippen LogP contribution is -2.44. The molecule has 3 N–H and O–H groups in total. The number of benzene rings is 1. The summed E-state index contributed by atoms with van der Waals surface area (Å²) in [5.41, 5.74) is -1.10. The van der Waals surface area contributed by atoms with Crippen molar-refractivity contribution < 1.29 is 19.7 Å². The van der Waals surface area contributed by atoms with Crippen LogP contribution < -0.4 is 16.6 Å². The molecule has 0 spiro atoms. The maximum absolute atomic E-state index is 13.1. The van der Waals surface area contributed by atoms with E-state index in [-0.39, 0.29) is 41.9 Å². The van der Waals surface area contributed by atoms with E-state index in [0.29, 0.717) is 0 Å². The van der Waals surface area contributed by atoms with Gasteiger partial charge in [-0.05, 0) is 37.0 Å². The molecule has 1 aliphatic rings. The van der Waals surface area contributed by atoms with Crippen molar-refractivity contribution in [3.63, 3.8) is 0 Å². The van der Waals surface area contributed by atoms with Gasteiger partial charge in [0, 0.05) is 7.11 Å². The van der Waals surface area contributed by atoms with Crippen LogP contribution >= 0.6 is 11.6 Å². The average Bonchev–Trinajstić information content (AvgIpc) is 3.10. The van der Waals surface area contributed by atoms with Crippen LogP contribution in [0.4, 0.5) is 0 Å². The van der Waals surface area contributed by atoms with Crippen molar-refractivity contribution in [3.05, 3.63) is 55.8 Å². The van der Waals surface area contributed by atoms with Gasteiger partial charge in [0.1, 0.15) is 6.20 Å². The van der Waals surface area contributed by atoms with E-state index in [1.807, 2.05) is 0 Å². The lowest BCUT2D eigenvalue weighted by molar-refractivity contribution is 0.0519. The molecule has 186 valence electrons. The Hall–Kier alpha value is -2.53. The van der Waals surface area contributed by atoms with Crippen LogP contribution in [0.3, 0.4) is 0 Å². The SMILES string of the molecule is COCC(O)Cn1c(=O)cnn(-c2ccc(Cl)c(C(=O)NC(CO)C3CCCCCC3)c2)c1=O. The fourth-order valence-electron chi connectivity index (χ4n) is 4.33. The molecule has 0 aliphatic heterocycles. The number of ether oxygens (including phenoxy) is 1. The van der Waals surface area contributed by atoms with Gasteiger partial charge in [-0.1, -0.05) is 37.3 Å². The molecule has 2 atom stereocenters. The van der Waals surface area contributed by atoms with Crippen molar-refractivity contribution >= 4 is 17.5 Å². The topological polar surface area (TPSA) is 136 Å². The monoisotopic (exact) mass is 494 g/mol. The summed E-state index contributed by atoms with van der Waals surface area (Å²) in [6.45, 7) is -0.496. The number of aliphatic hydroxyl groups excluding tert-OH is 2. The molecule has 1 aromatic heterocycles. The number of nitrogens with zero attached hydrogens (tertiary/aromatic N) is 3. The van der Waals surface area contributed by atoms with Gasteiger partial charge in [0.05, 0.1) is 48.2 Å². The van der Waals surface area contributed by atoms with E-state index in [9.17, 15) is 24.6 Å². The van der Waals surface area contributed by atoms with Crippen molar-refractivity contribution in [1.82, 2.24) is 19.7 Å². The molecule has 34 heavy (non-hydrogen) atoms. The maximum Gasteiger partial charge on any atom is 0.352 e. The van der Waals surface area contributed by atoms with Crippen LogP contribution in [0.25, 0.3) is 5.69 Å². The van der Waals surface area contributed by atoms with E-state index >= 15 is 0 Å². The molecule has 0 radical (unpaired) electrons. The van der Waals surface area contributed by atoms with Gasteiger partial charge >= 0.3 is 5.69 Å². The molecule has 0 bridgehead atoms. The Morgan fingerprint density at radius 2 is 1.97 bits per heavy atom. The van der Waals surface area contributed by atoms with E-state index in [1.54, 1.807) is 0 Å². The molecule has 3 rings (SSSR count). The molecule has 1 saturated carbocycles. The first kappa shape index (κ1) is 26.1. The van der Waals surface area contributed by atoms with Gasteiger partial charge in [-0.3, -0.25) is 14.2 Å². The van der Waals surface area contributed by atoms with Crippen LogP contribution in [0.2, 0.25) is 5.02 Å². The highest BCUT2D eigenvalue weighted by Crippen LogP contribution is 2.26. The van der Waals surface area contributed by atoms with E-state index in [0.717, 1.165) is 54.0 Å². The van der Waals surface area contributed by atoms with Crippen molar-refractivity contribution in [1.29, 1.82) is 0 Å². The number of rotatable bonds is 9. The lowest BCUT2D eigenvalue weighted by Gasteiger charge is -2.25. The largest absolute Gasteiger partial charge is 0.394 e. The third kappa shape index (κ3) is 6.32. The van der Waals surface area contributed by atoms with Gasteiger partial charge in [0.25, 0.3) is 11.5 Å². The fourth-order valence-corrected chi connectivity index (χ4v) is 4.53. The Kier molecular flexibility index (Phi) is 9.40. The van der Waals surface area contributed by atoms with Gasteiger partial charge in [0.2, 0.25) is 0 Å². The van der Waals surface area contributed by atoms with Gasteiger partial charge in [0.15, 0.2) is 0 Å². The van der Waals surface area contributed by atoms with Crippen molar-refractivity contribution in [2.45, 2.75) is 57.2 Å². The Morgan fingerprint density at radius 3 is 2.62 bits per heavy atom. The first-order valence-electron chi connectivity index (χ1n) is 11.4. The van der Waals surface area contributed by atoms with Crippen molar-refractivity contribution in [2.24, 2.45) is 5.92 Å². The zero-order chi connectivity index (χ0) is 24.7. The molecule has 1 aliphatic carbocycles. The predicted molar refractivity (Wildman–Crippen MR) is 127 cm³/mol. The van der Waals surface area contributed by atoms with Crippen LogP contribution in [0.15, 0.2) is 34.0 Å². The highest BCUT2D eigenvalue weighted by Gasteiger charge is 2.25. The van der Waals surface area contributed by atoms with Crippen molar-refractivity contribution in [3.8, 4) is 5.69 Å². The lowest BCUT2D eigenvalue weighted by atomic mass is 9.92. The number of nitrogens with one attached hydrogen (secondary N) is 1. The minimum Gasteiger partial charge on any atom is -0.394 e. The second kappa shape index (κ2) is 12.3. The second-order valence-corrected chi connectivity index (χ2v) is 8.98. The van der Waals surface area contributed by atoms with Crippen LogP contribution in [0.5, 0.6) is 0 Å². The molecule has 0 saturated heterocycles. The molecule has 10 nitrogen and oxygen atoms in total. The third-order valence-corrected chi connectivity index (χ3v) is 6.46. The zero-order valence-electron chi connectivity index (χ0n) is 19.2. The molecule has 1 heterocycles. The molecular weight excluding hydrogens is 464 g/mol. The highest BCUT2D eigenvalue weighted by atomic mass is 35.5. The number of aromatic nitrogens is 3. The van der Waals surface area contributed by atoms with E-state index in [4.69, 9.17) is 16.3 Å². The molecule has 11 heteroatoms. The summed E-state index contributed by atoms with van der Waals surface area (Å²) in [7, 11) is 1.40. The number of aliphatic hydroxyl groups is 2. The first-order valence-corrected chi connectivity index (χ1v) is 11.8. The van der Waals surface area contributed by atoms with Crippen LogP contribution in [-0.4, -0.2) is 62.9 Å². The van der Waals surface area contributed by atoms with E-state index in [1.165, 1.54) is 25.3 Å². The highest BCUT2D eigenvalue weighted by molar-refractivity contribution is 6.33. The van der Waals surface area contributed by atoms with Crippen LogP contribution in [0, 0.1) is 5.92 Å². The molecule has 1 aromatic carbocycles. The number of hydrogen-bond acceptors (Lipinski definition) is 7. The minimum atomic E-state index is -1.06. The summed E-state index contributed by atoms with van der Waals surface area (Å²) in [5.74, 6) is -0.281. The summed E-state index contributed by atoms with van der Waals surface area (Å²) in [6, 6.07) is 3.99. The third-order valence-electron chi connectivity index (χ3n) is 6.14. The summed E-state index contributed by atoms with van der Waals surface area (Å²) in [5, 5.41) is 26.8. The van der Waals surface area contributed by atoms with Crippen molar-refractivity contribution in [2.75, 3.05) is 20.3 Å². The Balaban J connectivity index is 1.88. The van der Waals surface area contributed by atoms with Gasteiger partial charge in [-0.25, -0.2) is 4.79 Å². The standard InChI is InChI=1S/C23H31ClN4O6/c1-34-14-17(30)12-27-21(31)11-25-28(23(27)33)16-8-9-19(24)18(10-16)22(32)26-20(13-29)15-6-4-2-3-5-7-15/h8-11,15,17,20,29-30H,2-7,12-14H2,1H3,(H,26,32). The van der Waals surface area contributed by atoms with Gasteiger partial charge < -0.3 is 20.3 Å². The second-order valence-electron chi connectivity index (χ2n) is 8.58. The molecule has 1 fully saturated rings.